The van der Waals surface area contributed by atoms with Gasteiger partial charge in [0.05, 0.1) is 11.3 Å². The molecule has 2 rings (SSSR count). The second-order valence-corrected chi connectivity index (χ2v) is 6.01. The van der Waals surface area contributed by atoms with Gasteiger partial charge in [-0.15, -0.1) is 11.8 Å². The van der Waals surface area contributed by atoms with Crippen LogP contribution in [-0.2, 0) is 0 Å². The van der Waals surface area contributed by atoms with Crippen molar-refractivity contribution in [2.75, 3.05) is 23.7 Å². The molecule has 96 valence electrons. The average molecular weight is 260 g/mol. The molecule has 1 fully saturated rings. The fraction of sp³-hybridized carbons (Fsp3) is 0.533. The predicted molar refractivity (Wildman–Crippen MR) is 78.2 cm³/mol. The molecule has 1 aliphatic heterocycles. The van der Waals surface area contributed by atoms with E-state index in [4.69, 9.17) is 0 Å². The van der Waals surface area contributed by atoms with Gasteiger partial charge in [-0.25, -0.2) is 0 Å². The van der Waals surface area contributed by atoms with E-state index in [0.29, 0.717) is 0 Å². The van der Waals surface area contributed by atoms with Crippen LogP contribution < -0.4 is 4.90 Å². The molecule has 0 bridgehead atoms. The first kappa shape index (κ1) is 13.3. The summed E-state index contributed by atoms with van der Waals surface area (Å²) < 4.78 is 0. The highest BCUT2D eigenvalue weighted by atomic mass is 32.2. The molecule has 1 unspecified atom stereocenters. The first-order chi connectivity index (χ1) is 8.80. The van der Waals surface area contributed by atoms with Gasteiger partial charge in [0.1, 0.15) is 6.07 Å². The Morgan fingerprint density at radius 1 is 1.44 bits per heavy atom. The molecule has 0 N–H and O–H groups in total. The topological polar surface area (TPSA) is 27.0 Å². The summed E-state index contributed by atoms with van der Waals surface area (Å²) in [5.41, 5.74) is 1.99. The van der Waals surface area contributed by atoms with Gasteiger partial charge in [0, 0.05) is 18.0 Å². The molecular formula is C15H20N2S. The van der Waals surface area contributed by atoms with Crippen LogP contribution in [0, 0.1) is 17.2 Å². The molecule has 1 atom stereocenters. The Labute approximate surface area is 114 Å². The highest BCUT2D eigenvalue weighted by Gasteiger charge is 2.23. The molecule has 0 saturated carbocycles. The van der Waals surface area contributed by atoms with Crippen molar-refractivity contribution in [3.05, 3.63) is 23.8 Å². The lowest BCUT2D eigenvalue weighted by atomic mass is 10.1. The standard InChI is InChI=1S/C15H20N2S/c1-3-12-8-9-17(11-12)14-6-5-7-15(18-4-2)13(14)10-16/h5-7,12H,3-4,8-9,11H2,1-2H3. The Hall–Kier alpha value is -1.14. The third kappa shape index (κ3) is 2.64. The summed E-state index contributed by atoms with van der Waals surface area (Å²) >= 11 is 1.76. The van der Waals surface area contributed by atoms with Crippen molar-refractivity contribution >= 4 is 17.4 Å². The zero-order valence-corrected chi connectivity index (χ0v) is 12.0. The lowest BCUT2D eigenvalue weighted by molar-refractivity contribution is 0.569. The molecule has 1 aromatic rings. The van der Waals surface area contributed by atoms with Gasteiger partial charge >= 0.3 is 0 Å². The van der Waals surface area contributed by atoms with Crippen molar-refractivity contribution in [2.45, 2.75) is 31.6 Å². The van der Waals surface area contributed by atoms with E-state index in [0.717, 1.165) is 40.9 Å². The van der Waals surface area contributed by atoms with Crippen molar-refractivity contribution in [2.24, 2.45) is 5.92 Å². The third-order valence-corrected chi connectivity index (χ3v) is 4.56. The Balaban J connectivity index is 2.28. The van der Waals surface area contributed by atoms with E-state index in [-0.39, 0.29) is 0 Å². The quantitative estimate of drug-likeness (QED) is 0.768. The molecule has 18 heavy (non-hydrogen) atoms. The molecule has 3 heteroatoms. The van der Waals surface area contributed by atoms with Crippen LogP contribution in [0.1, 0.15) is 32.3 Å². The summed E-state index contributed by atoms with van der Waals surface area (Å²) in [7, 11) is 0. The molecule has 0 aromatic heterocycles. The van der Waals surface area contributed by atoms with E-state index < -0.39 is 0 Å². The maximum Gasteiger partial charge on any atom is 0.103 e. The zero-order valence-electron chi connectivity index (χ0n) is 11.1. The largest absolute Gasteiger partial charge is 0.370 e. The van der Waals surface area contributed by atoms with Gasteiger partial charge in [0.2, 0.25) is 0 Å². The van der Waals surface area contributed by atoms with Gasteiger partial charge in [-0.1, -0.05) is 26.3 Å². The average Bonchev–Trinajstić information content (AvgIpc) is 2.87. The van der Waals surface area contributed by atoms with Gasteiger partial charge in [-0.05, 0) is 30.2 Å². The van der Waals surface area contributed by atoms with Crippen molar-refractivity contribution in [3.63, 3.8) is 0 Å². The van der Waals surface area contributed by atoms with Gasteiger partial charge in [-0.2, -0.15) is 5.26 Å². The fourth-order valence-electron chi connectivity index (χ4n) is 2.56. The summed E-state index contributed by atoms with van der Waals surface area (Å²) in [6.07, 6.45) is 2.49. The lowest BCUT2D eigenvalue weighted by Gasteiger charge is -2.21. The van der Waals surface area contributed by atoms with E-state index in [1.807, 2.05) is 0 Å². The van der Waals surface area contributed by atoms with Gasteiger partial charge in [0.15, 0.2) is 0 Å². The molecule has 0 radical (unpaired) electrons. The number of anilines is 1. The second kappa shape index (κ2) is 6.15. The molecule has 2 nitrogen and oxygen atoms in total. The fourth-order valence-corrected chi connectivity index (χ4v) is 3.34. The number of thioether (sulfide) groups is 1. The summed E-state index contributed by atoms with van der Waals surface area (Å²) in [6.45, 7) is 6.57. The molecule has 0 amide bonds. The highest BCUT2D eigenvalue weighted by Crippen LogP contribution is 2.33. The monoisotopic (exact) mass is 260 g/mol. The molecule has 0 aliphatic carbocycles. The van der Waals surface area contributed by atoms with Crippen LogP contribution in [0.15, 0.2) is 23.1 Å². The molecule has 1 saturated heterocycles. The molecular weight excluding hydrogens is 240 g/mol. The van der Waals surface area contributed by atoms with E-state index in [1.54, 1.807) is 11.8 Å². The number of hydrogen-bond acceptors (Lipinski definition) is 3. The summed E-state index contributed by atoms with van der Waals surface area (Å²) in [6, 6.07) is 8.63. The predicted octanol–water partition coefficient (Wildman–Crippen LogP) is 3.91. The Kier molecular flexibility index (Phi) is 4.54. The van der Waals surface area contributed by atoms with Crippen molar-refractivity contribution in [3.8, 4) is 6.07 Å². The van der Waals surface area contributed by atoms with Crippen LogP contribution in [-0.4, -0.2) is 18.8 Å². The molecule has 0 spiro atoms. The number of rotatable bonds is 4. The minimum atomic E-state index is 0.791. The third-order valence-electron chi connectivity index (χ3n) is 3.62. The highest BCUT2D eigenvalue weighted by molar-refractivity contribution is 7.99. The number of nitriles is 1. The first-order valence-corrected chi connectivity index (χ1v) is 7.69. The first-order valence-electron chi connectivity index (χ1n) is 6.71. The Morgan fingerprint density at radius 3 is 2.89 bits per heavy atom. The second-order valence-electron chi connectivity index (χ2n) is 4.70. The maximum atomic E-state index is 9.42. The van der Waals surface area contributed by atoms with Crippen LogP contribution in [0.2, 0.25) is 0 Å². The van der Waals surface area contributed by atoms with Crippen molar-refractivity contribution < 1.29 is 0 Å². The van der Waals surface area contributed by atoms with Crippen LogP contribution in [0.5, 0.6) is 0 Å². The van der Waals surface area contributed by atoms with Crippen LogP contribution in [0.4, 0.5) is 5.69 Å². The van der Waals surface area contributed by atoms with E-state index in [9.17, 15) is 5.26 Å². The van der Waals surface area contributed by atoms with Gasteiger partial charge in [0.25, 0.3) is 0 Å². The minimum absolute atomic E-state index is 0.791. The number of nitrogens with zero attached hydrogens (tertiary/aromatic N) is 2. The van der Waals surface area contributed by atoms with Crippen LogP contribution >= 0.6 is 11.8 Å². The summed E-state index contributed by atoms with van der Waals surface area (Å²) in [5.74, 6) is 1.80. The Morgan fingerprint density at radius 2 is 2.28 bits per heavy atom. The van der Waals surface area contributed by atoms with Crippen molar-refractivity contribution in [1.82, 2.24) is 0 Å². The van der Waals surface area contributed by atoms with E-state index >= 15 is 0 Å². The van der Waals surface area contributed by atoms with Crippen molar-refractivity contribution in [1.29, 1.82) is 5.26 Å². The Bertz CT molecular complexity index is 450. The van der Waals surface area contributed by atoms with Gasteiger partial charge in [-0.3, -0.25) is 0 Å². The normalized spacial score (nSPS) is 18.9. The molecule has 1 aliphatic rings. The summed E-state index contributed by atoms with van der Waals surface area (Å²) in [4.78, 5) is 3.50. The maximum absolute atomic E-state index is 9.42. The smallest absolute Gasteiger partial charge is 0.103 e. The summed E-state index contributed by atoms with van der Waals surface area (Å²) in [5, 5.41) is 9.42. The van der Waals surface area contributed by atoms with Gasteiger partial charge < -0.3 is 4.90 Å². The number of benzene rings is 1. The number of hydrogen-bond donors (Lipinski definition) is 0. The van der Waals surface area contributed by atoms with E-state index in [2.05, 4.69) is 43.0 Å². The van der Waals surface area contributed by atoms with Crippen LogP contribution in [0.25, 0.3) is 0 Å². The SMILES string of the molecule is CCSc1cccc(N2CCC(CC)C2)c1C#N. The zero-order chi connectivity index (χ0) is 13.0. The lowest BCUT2D eigenvalue weighted by Crippen LogP contribution is -2.20. The minimum Gasteiger partial charge on any atom is -0.370 e. The van der Waals surface area contributed by atoms with Crippen LogP contribution in [0.3, 0.4) is 0 Å². The van der Waals surface area contributed by atoms with E-state index in [1.165, 1.54) is 12.8 Å². The molecule has 1 aromatic carbocycles. The molecule has 1 heterocycles.